The average molecular weight is 331 g/mol. The molecule has 3 rings (SSSR count). The number of aliphatic hydroxyl groups excluding tert-OH is 1. The fourth-order valence-corrected chi connectivity index (χ4v) is 4.04. The summed E-state index contributed by atoms with van der Waals surface area (Å²) in [5, 5.41) is 10.2. The first-order valence-electron chi connectivity index (χ1n) is 9.32. The Hall–Kier alpha value is -1.39. The minimum atomic E-state index is -0.284. The summed E-state index contributed by atoms with van der Waals surface area (Å²) in [5.41, 5.74) is 2.54. The lowest BCUT2D eigenvalue weighted by atomic mass is 9.93. The van der Waals surface area contributed by atoms with E-state index in [1.165, 1.54) is 11.1 Å². The molecular weight excluding hydrogens is 302 g/mol. The molecule has 4 heteroatoms. The molecule has 3 atom stereocenters. The average Bonchev–Trinajstić information content (AvgIpc) is 3.06. The van der Waals surface area contributed by atoms with Gasteiger partial charge in [0.15, 0.2) is 0 Å². The van der Waals surface area contributed by atoms with Crippen LogP contribution >= 0.6 is 0 Å². The summed E-state index contributed by atoms with van der Waals surface area (Å²) in [6, 6.07) is 8.59. The number of carbonyl (C=O) groups is 1. The van der Waals surface area contributed by atoms with Crippen molar-refractivity contribution in [2.24, 2.45) is 5.92 Å². The van der Waals surface area contributed by atoms with Crippen LogP contribution in [-0.4, -0.2) is 47.8 Å². The Kier molecular flexibility index (Phi) is 5.90. The van der Waals surface area contributed by atoms with Crippen molar-refractivity contribution in [3.63, 3.8) is 0 Å². The van der Waals surface area contributed by atoms with E-state index in [-0.39, 0.29) is 24.0 Å². The zero-order valence-electron chi connectivity index (χ0n) is 14.6. The number of amides is 1. The number of hydrogen-bond donors (Lipinski definition) is 1. The Bertz CT molecular complexity index is 542. The molecule has 0 radical (unpaired) electrons. The fourth-order valence-electron chi connectivity index (χ4n) is 4.04. The predicted molar refractivity (Wildman–Crippen MR) is 93.8 cm³/mol. The smallest absolute Gasteiger partial charge is 0.223 e. The SMILES string of the molecule is CCc1ccc(CCC(=O)N2CCOC[C@@H]2[C@@H]2CCC[C@@H]2O)cc1. The van der Waals surface area contributed by atoms with Gasteiger partial charge in [-0.25, -0.2) is 0 Å². The lowest BCUT2D eigenvalue weighted by molar-refractivity contribution is -0.143. The maximum Gasteiger partial charge on any atom is 0.223 e. The molecule has 1 aliphatic carbocycles. The Balaban J connectivity index is 1.59. The maximum absolute atomic E-state index is 12.8. The maximum atomic E-state index is 12.8. The summed E-state index contributed by atoms with van der Waals surface area (Å²) in [6.45, 7) is 3.98. The Morgan fingerprint density at radius 1 is 1.25 bits per heavy atom. The van der Waals surface area contributed by atoms with Gasteiger partial charge in [0.2, 0.25) is 5.91 Å². The first-order valence-corrected chi connectivity index (χ1v) is 9.32. The molecule has 0 bridgehead atoms. The van der Waals surface area contributed by atoms with Crippen LogP contribution in [0.25, 0.3) is 0 Å². The highest BCUT2D eigenvalue weighted by Gasteiger charge is 2.39. The molecule has 2 fully saturated rings. The van der Waals surface area contributed by atoms with E-state index < -0.39 is 0 Å². The summed E-state index contributed by atoms with van der Waals surface area (Å²) in [7, 11) is 0. The Morgan fingerprint density at radius 3 is 2.67 bits per heavy atom. The third-order valence-corrected chi connectivity index (χ3v) is 5.57. The minimum Gasteiger partial charge on any atom is -0.393 e. The van der Waals surface area contributed by atoms with Crippen molar-refractivity contribution in [1.82, 2.24) is 4.90 Å². The molecule has 2 aliphatic rings. The van der Waals surface area contributed by atoms with Gasteiger partial charge in [-0.15, -0.1) is 0 Å². The van der Waals surface area contributed by atoms with Gasteiger partial charge in [-0.05, 0) is 36.8 Å². The Morgan fingerprint density at radius 2 is 2.00 bits per heavy atom. The number of aliphatic hydroxyl groups is 1. The first kappa shape index (κ1) is 17.4. The van der Waals surface area contributed by atoms with Crippen molar-refractivity contribution >= 4 is 5.91 Å². The number of ether oxygens (including phenoxy) is 1. The molecule has 4 nitrogen and oxygen atoms in total. The normalized spacial score (nSPS) is 27.4. The Labute approximate surface area is 144 Å². The van der Waals surface area contributed by atoms with Crippen LogP contribution in [0.15, 0.2) is 24.3 Å². The summed E-state index contributed by atoms with van der Waals surface area (Å²) < 4.78 is 5.61. The van der Waals surface area contributed by atoms with Crippen LogP contribution in [0, 0.1) is 5.92 Å². The van der Waals surface area contributed by atoms with Gasteiger partial charge in [-0.1, -0.05) is 37.6 Å². The first-order chi connectivity index (χ1) is 11.7. The molecular formula is C20H29NO3. The molecule has 1 amide bonds. The second-order valence-corrected chi connectivity index (χ2v) is 7.06. The van der Waals surface area contributed by atoms with E-state index in [0.717, 1.165) is 32.1 Å². The van der Waals surface area contributed by atoms with E-state index in [0.29, 0.717) is 26.2 Å². The third-order valence-electron chi connectivity index (χ3n) is 5.57. The number of hydrogen-bond acceptors (Lipinski definition) is 3. The second kappa shape index (κ2) is 8.13. The van der Waals surface area contributed by atoms with Crippen molar-refractivity contribution in [3.8, 4) is 0 Å². The third kappa shape index (κ3) is 3.98. The molecule has 1 saturated carbocycles. The van der Waals surface area contributed by atoms with Gasteiger partial charge < -0.3 is 14.7 Å². The van der Waals surface area contributed by atoms with Crippen LogP contribution in [0.1, 0.15) is 43.7 Å². The lowest BCUT2D eigenvalue weighted by Gasteiger charge is -2.40. The van der Waals surface area contributed by atoms with Crippen LogP contribution < -0.4 is 0 Å². The highest BCUT2D eigenvalue weighted by atomic mass is 16.5. The standard InChI is InChI=1S/C20H29NO3/c1-2-15-6-8-16(9-7-15)10-11-20(23)21-12-13-24-14-18(21)17-4-3-5-19(17)22/h6-9,17-19,22H,2-5,10-14H2,1H3/t17-,18+,19-/m0/s1. The molecule has 1 aromatic rings. The number of aryl methyl sites for hydroxylation is 2. The van der Waals surface area contributed by atoms with Gasteiger partial charge in [-0.3, -0.25) is 4.79 Å². The summed E-state index contributed by atoms with van der Waals surface area (Å²) in [6.07, 6.45) is 4.97. The topological polar surface area (TPSA) is 49.8 Å². The van der Waals surface area contributed by atoms with Crippen molar-refractivity contribution in [1.29, 1.82) is 0 Å². The molecule has 1 heterocycles. The largest absolute Gasteiger partial charge is 0.393 e. The van der Waals surface area contributed by atoms with Crippen LogP contribution in [0.5, 0.6) is 0 Å². The van der Waals surface area contributed by atoms with E-state index >= 15 is 0 Å². The molecule has 0 spiro atoms. The van der Waals surface area contributed by atoms with E-state index in [2.05, 4.69) is 31.2 Å². The van der Waals surface area contributed by atoms with Crippen molar-refractivity contribution in [3.05, 3.63) is 35.4 Å². The molecule has 1 aromatic carbocycles. The van der Waals surface area contributed by atoms with Gasteiger partial charge in [0.1, 0.15) is 0 Å². The highest BCUT2D eigenvalue weighted by Crippen LogP contribution is 2.32. The van der Waals surface area contributed by atoms with Crippen LogP contribution in [0.4, 0.5) is 0 Å². The number of carbonyl (C=O) groups excluding carboxylic acids is 1. The zero-order chi connectivity index (χ0) is 16.9. The van der Waals surface area contributed by atoms with Crippen molar-refractivity contribution in [2.45, 2.75) is 57.6 Å². The fraction of sp³-hybridized carbons (Fsp3) is 0.650. The second-order valence-electron chi connectivity index (χ2n) is 7.06. The molecule has 0 aromatic heterocycles. The van der Waals surface area contributed by atoms with Crippen LogP contribution in [0.3, 0.4) is 0 Å². The summed E-state index contributed by atoms with van der Waals surface area (Å²) >= 11 is 0. The number of morpholine rings is 1. The van der Waals surface area contributed by atoms with E-state index in [1.807, 2.05) is 4.90 Å². The summed E-state index contributed by atoms with van der Waals surface area (Å²) in [5.74, 6) is 0.375. The van der Waals surface area contributed by atoms with E-state index in [1.54, 1.807) is 0 Å². The van der Waals surface area contributed by atoms with Gasteiger partial charge >= 0.3 is 0 Å². The molecule has 1 aliphatic heterocycles. The predicted octanol–water partition coefficient (Wildman–Crippen LogP) is 2.57. The van der Waals surface area contributed by atoms with Crippen LogP contribution in [-0.2, 0) is 22.4 Å². The molecule has 0 unspecified atom stereocenters. The number of rotatable bonds is 5. The van der Waals surface area contributed by atoms with Gasteiger partial charge in [0, 0.05) is 18.9 Å². The molecule has 132 valence electrons. The van der Waals surface area contributed by atoms with Gasteiger partial charge in [-0.2, -0.15) is 0 Å². The number of nitrogens with zero attached hydrogens (tertiary/aromatic N) is 1. The molecule has 1 N–H and O–H groups in total. The highest BCUT2D eigenvalue weighted by molar-refractivity contribution is 5.77. The van der Waals surface area contributed by atoms with Crippen molar-refractivity contribution < 1.29 is 14.6 Å². The number of benzene rings is 1. The zero-order valence-corrected chi connectivity index (χ0v) is 14.6. The van der Waals surface area contributed by atoms with Gasteiger partial charge in [0.05, 0.1) is 25.4 Å². The van der Waals surface area contributed by atoms with Crippen LogP contribution in [0.2, 0.25) is 0 Å². The minimum absolute atomic E-state index is 0.0474. The monoisotopic (exact) mass is 331 g/mol. The van der Waals surface area contributed by atoms with Gasteiger partial charge in [0.25, 0.3) is 0 Å². The van der Waals surface area contributed by atoms with Crippen molar-refractivity contribution in [2.75, 3.05) is 19.8 Å². The molecule has 1 saturated heterocycles. The summed E-state index contributed by atoms with van der Waals surface area (Å²) in [4.78, 5) is 14.7. The molecule has 24 heavy (non-hydrogen) atoms. The quantitative estimate of drug-likeness (QED) is 0.902. The van der Waals surface area contributed by atoms with E-state index in [4.69, 9.17) is 4.74 Å². The van der Waals surface area contributed by atoms with E-state index in [9.17, 15) is 9.90 Å². The lowest BCUT2D eigenvalue weighted by Crippen LogP contribution is -2.53.